The van der Waals surface area contributed by atoms with Crippen molar-refractivity contribution < 1.29 is 18.3 Å². The average molecular weight is 478 g/mol. The minimum absolute atomic E-state index is 0.139. The molecule has 5 nitrogen and oxygen atoms in total. The number of hydrogen-bond donors (Lipinski definition) is 1. The molecule has 168 valence electrons. The summed E-state index contributed by atoms with van der Waals surface area (Å²) < 4.78 is 28.2. The van der Waals surface area contributed by atoms with Gasteiger partial charge in [-0.2, -0.15) is 0 Å². The summed E-state index contributed by atoms with van der Waals surface area (Å²) in [5, 5.41) is 10.8. The van der Waals surface area contributed by atoms with Crippen LogP contribution in [0.3, 0.4) is 0 Å². The fourth-order valence-electron chi connectivity index (χ4n) is 3.79. The summed E-state index contributed by atoms with van der Waals surface area (Å²) in [4.78, 5) is 12.6. The number of carboxylic acids is 1. The molecule has 0 aliphatic carbocycles. The summed E-state index contributed by atoms with van der Waals surface area (Å²) in [5.41, 5.74) is 3.73. The van der Waals surface area contributed by atoms with E-state index in [4.69, 9.17) is 0 Å². The van der Waals surface area contributed by atoms with Crippen molar-refractivity contribution in [2.75, 3.05) is 5.75 Å². The molecule has 0 saturated carbocycles. The van der Waals surface area contributed by atoms with Gasteiger partial charge < -0.3 is 9.67 Å². The van der Waals surface area contributed by atoms with E-state index in [1.54, 1.807) is 6.07 Å². The molecule has 0 bridgehead atoms. The molecule has 0 aliphatic heterocycles. The lowest BCUT2D eigenvalue weighted by atomic mass is 10.00. The van der Waals surface area contributed by atoms with E-state index in [-0.39, 0.29) is 10.6 Å². The number of thiophene rings is 1. The van der Waals surface area contributed by atoms with Crippen molar-refractivity contribution in [2.45, 2.75) is 17.6 Å². The molecule has 0 fully saturated rings. The van der Waals surface area contributed by atoms with Crippen molar-refractivity contribution >= 4 is 38.0 Å². The Kier molecular flexibility index (Phi) is 6.41. The largest absolute Gasteiger partial charge is 0.481 e. The van der Waals surface area contributed by atoms with Gasteiger partial charge in [-0.05, 0) is 55.3 Å². The molecule has 0 spiro atoms. The highest BCUT2D eigenvalue weighted by Gasteiger charge is 2.29. The number of carbonyl (C=O) groups is 1. The van der Waals surface area contributed by atoms with E-state index in [1.807, 2.05) is 73.3 Å². The predicted molar refractivity (Wildman–Crippen MR) is 131 cm³/mol. The normalized spacial score (nSPS) is 12.3. The lowest BCUT2D eigenvalue weighted by Gasteiger charge is -2.12. The number of rotatable bonds is 6. The second-order valence-corrected chi connectivity index (χ2v) is 11.4. The summed E-state index contributed by atoms with van der Waals surface area (Å²) >= 11 is 1.07. The van der Waals surface area contributed by atoms with Crippen molar-refractivity contribution in [1.82, 2.24) is 4.57 Å². The first-order valence-electron chi connectivity index (χ1n) is 10.4. The van der Waals surface area contributed by atoms with E-state index in [2.05, 4.69) is 11.8 Å². The summed E-state index contributed by atoms with van der Waals surface area (Å²) in [6.45, 7) is 1.98. The van der Waals surface area contributed by atoms with Crippen LogP contribution in [0.1, 0.15) is 21.6 Å². The zero-order valence-corrected chi connectivity index (χ0v) is 19.9. The van der Waals surface area contributed by atoms with Crippen LogP contribution >= 0.6 is 11.3 Å². The highest BCUT2D eigenvalue weighted by atomic mass is 32.2. The van der Waals surface area contributed by atoms with Gasteiger partial charge in [0.05, 0.1) is 16.5 Å². The second kappa shape index (κ2) is 9.26. The maximum atomic E-state index is 13.0. The van der Waals surface area contributed by atoms with Gasteiger partial charge in [-0.1, -0.05) is 41.7 Å². The maximum absolute atomic E-state index is 13.0. The third-order valence-electron chi connectivity index (χ3n) is 5.46. The van der Waals surface area contributed by atoms with Crippen molar-refractivity contribution in [3.05, 3.63) is 88.4 Å². The molecular formula is C26H23NO4S2. The Morgan fingerprint density at radius 3 is 2.58 bits per heavy atom. The van der Waals surface area contributed by atoms with Crippen LogP contribution in [0.2, 0.25) is 0 Å². The topological polar surface area (TPSA) is 76.4 Å². The number of aryl methyl sites for hydroxylation is 2. The van der Waals surface area contributed by atoms with Gasteiger partial charge in [-0.25, -0.2) is 8.42 Å². The third-order valence-corrected chi connectivity index (χ3v) is 8.85. The van der Waals surface area contributed by atoms with Crippen molar-refractivity contribution in [3.63, 3.8) is 0 Å². The van der Waals surface area contributed by atoms with E-state index in [9.17, 15) is 18.3 Å². The minimum Gasteiger partial charge on any atom is -0.481 e. The number of aliphatic carboxylic acids is 1. The molecule has 0 unspecified atom stereocenters. The maximum Gasteiger partial charge on any atom is 0.307 e. The third kappa shape index (κ3) is 5.19. The molecule has 0 radical (unpaired) electrons. The van der Waals surface area contributed by atoms with Crippen LogP contribution < -0.4 is 0 Å². The molecule has 2 heterocycles. The summed E-state index contributed by atoms with van der Waals surface area (Å²) in [5.74, 6) is 3.36. The number of benzene rings is 2. The van der Waals surface area contributed by atoms with Crippen molar-refractivity contribution in [1.29, 1.82) is 0 Å². The van der Waals surface area contributed by atoms with E-state index in [0.29, 0.717) is 4.88 Å². The van der Waals surface area contributed by atoms with Gasteiger partial charge in [-0.3, -0.25) is 4.79 Å². The minimum atomic E-state index is -3.78. The highest BCUT2D eigenvalue weighted by Crippen LogP contribution is 2.28. The van der Waals surface area contributed by atoms with E-state index in [0.717, 1.165) is 38.9 Å². The van der Waals surface area contributed by atoms with Gasteiger partial charge in [0.15, 0.2) is 9.84 Å². The molecular weight excluding hydrogens is 454 g/mol. The predicted octanol–water partition coefficient (Wildman–Crippen LogP) is 4.67. The summed E-state index contributed by atoms with van der Waals surface area (Å²) in [6, 6.07) is 18.6. The average Bonchev–Trinajstić information content (AvgIpc) is 3.38. The van der Waals surface area contributed by atoms with E-state index in [1.165, 1.54) is 6.07 Å². The number of fused-ring (bicyclic) bond motifs is 1. The number of sulfone groups is 1. The zero-order valence-electron chi connectivity index (χ0n) is 18.3. The molecule has 0 aliphatic rings. The van der Waals surface area contributed by atoms with Gasteiger partial charge >= 0.3 is 5.97 Å². The van der Waals surface area contributed by atoms with E-state index < -0.39 is 27.5 Å². The quantitative estimate of drug-likeness (QED) is 0.410. The Labute approximate surface area is 197 Å². The smallest absolute Gasteiger partial charge is 0.307 e. The van der Waals surface area contributed by atoms with Crippen LogP contribution in [0.25, 0.3) is 10.9 Å². The summed E-state index contributed by atoms with van der Waals surface area (Å²) in [7, 11) is -1.88. The Morgan fingerprint density at radius 1 is 1.09 bits per heavy atom. The molecule has 2 aromatic heterocycles. The number of carboxylic acid groups (broad SMARTS) is 1. The molecule has 4 rings (SSSR count). The lowest BCUT2D eigenvalue weighted by molar-refractivity contribution is -0.140. The summed E-state index contributed by atoms with van der Waals surface area (Å²) in [6.07, 6.45) is 2.02. The van der Waals surface area contributed by atoms with Crippen LogP contribution in [-0.2, 0) is 28.1 Å². The number of nitrogens with zero attached hydrogens (tertiary/aromatic N) is 1. The molecule has 7 heteroatoms. The number of hydrogen-bond acceptors (Lipinski definition) is 4. The van der Waals surface area contributed by atoms with Gasteiger partial charge in [0, 0.05) is 29.7 Å². The zero-order chi connectivity index (χ0) is 23.6. The van der Waals surface area contributed by atoms with Crippen LogP contribution in [0.4, 0.5) is 0 Å². The fourth-order valence-corrected chi connectivity index (χ4v) is 6.59. The monoisotopic (exact) mass is 477 g/mol. The molecule has 0 amide bonds. The molecule has 4 aromatic rings. The fraction of sp³-hybridized carbons (Fsp3) is 0.192. The Hall–Kier alpha value is -3.34. The first-order valence-corrected chi connectivity index (χ1v) is 12.9. The molecule has 33 heavy (non-hydrogen) atoms. The van der Waals surface area contributed by atoms with Gasteiger partial charge in [-0.15, -0.1) is 11.3 Å². The van der Waals surface area contributed by atoms with Crippen LogP contribution in [0, 0.1) is 24.7 Å². The Morgan fingerprint density at radius 2 is 1.85 bits per heavy atom. The van der Waals surface area contributed by atoms with Crippen LogP contribution in [-0.4, -0.2) is 29.8 Å². The van der Waals surface area contributed by atoms with Gasteiger partial charge in [0.2, 0.25) is 0 Å². The van der Waals surface area contributed by atoms with E-state index >= 15 is 0 Å². The SMILES string of the molecule is Cc1ccc2c(c1)c(C[C@H](CS(=O)(=O)c1ccc(C#Cc3ccccc3)s1)C(=O)O)cn2C. The first-order chi connectivity index (χ1) is 15.7. The molecule has 0 saturated heterocycles. The van der Waals surface area contributed by atoms with Crippen molar-refractivity contribution in [2.24, 2.45) is 13.0 Å². The standard InChI is InChI=1S/C26H23NO4S2/c1-18-8-12-24-23(14-18)20(16-27(24)2)15-21(26(28)29)17-33(30,31)25-13-11-22(32-25)10-9-19-6-4-3-5-7-19/h3-8,11-14,16,21H,15,17H2,1-2H3,(H,28,29)/t21-/m1/s1. The highest BCUT2D eigenvalue weighted by molar-refractivity contribution is 7.93. The first kappa shape index (κ1) is 22.8. The molecule has 1 N–H and O–H groups in total. The molecule has 2 aromatic carbocycles. The molecule has 1 atom stereocenters. The van der Waals surface area contributed by atoms with Crippen LogP contribution in [0.15, 0.2) is 71.1 Å². The number of aromatic nitrogens is 1. The second-order valence-electron chi connectivity index (χ2n) is 8.04. The Balaban J connectivity index is 1.56. The van der Waals surface area contributed by atoms with Gasteiger partial charge in [0.1, 0.15) is 4.21 Å². The van der Waals surface area contributed by atoms with Crippen LogP contribution in [0.5, 0.6) is 0 Å². The lowest BCUT2D eigenvalue weighted by Crippen LogP contribution is -2.25. The van der Waals surface area contributed by atoms with Crippen molar-refractivity contribution in [3.8, 4) is 11.8 Å². The Bertz CT molecular complexity index is 1490. The van der Waals surface area contributed by atoms with Gasteiger partial charge in [0.25, 0.3) is 0 Å².